The van der Waals surface area contributed by atoms with E-state index in [1.807, 2.05) is 38.1 Å². The second kappa shape index (κ2) is 10.1. The normalized spacial score (nSPS) is 11.1. The highest BCUT2D eigenvalue weighted by atomic mass is 32.2. The van der Waals surface area contributed by atoms with Gasteiger partial charge in [0, 0.05) is 24.2 Å². The minimum atomic E-state index is -4.28. The van der Waals surface area contributed by atoms with Gasteiger partial charge in [-0.1, -0.05) is 18.2 Å². The highest BCUT2D eigenvalue weighted by molar-refractivity contribution is 7.87. The molecule has 3 aromatic rings. The van der Waals surface area contributed by atoms with Crippen LogP contribution in [0.4, 0.5) is 5.69 Å². The first-order valence-electron chi connectivity index (χ1n) is 9.97. The van der Waals surface area contributed by atoms with Crippen molar-refractivity contribution in [3.8, 4) is 11.5 Å². The zero-order valence-electron chi connectivity index (χ0n) is 17.9. The lowest BCUT2D eigenvalue weighted by atomic mass is 10.2. The highest BCUT2D eigenvalue weighted by Crippen LogP contribution is 2.22. The number of hydrogen-bond acceptors (Lipinski definition) is 7. The van der Waals surface area contributed by atoms with Crippen molar-refractivity contribution in [3.05, 3.63) is 94.0 Å². The third-order valence-corrected chi connectivity index (χ3v) is 5.63. The van der Waals surface area contributed by atoms with Gasteiger partial charge >= 0.3 is 10.1 Å². The molecule has 0 aliphatic carbocycles. The topological polar surface area (TPSA) is 125 Å². The monoisotopic (exact) mass is 470 g/mol. The maximum atomic E-state index is 12.4. The van der Waals surface area contributed by atoms with E-state index in [4.69, 9.17) is 8.92 Å². The summed E-state index contributed by atoms with van der Waals surface area (Å²) in [6.45, 7) is 4.18. The molecule has 0 atom stereocenters. The summed E-state index contributed by atoms with van der Waals surface area (Å²) in [5, 5.41) is 13.6. The van der Waals surface area contributed by atoms with Crippen LogP contribution in [0.2, 0.25) is 0 Å². The molecule has 0 bridgehead atoms. The quantitative estimate of drug-likeness (QED) is 0.284. The SMILES string of the molecule is CC(C)Oc1ccc(CNC(=O)c2ccc(OS(=O)(=O)c3cccc([N+](=O)[O-])c3)cc2)cc1. The van der Waals surface area contributed by atoms with Crippen molar-refractivity contribution < 1.29 is 27.1 Å². The fourth-order valence-electron chi connectivity index (χ4n) is 2.83. The predicted molar refractivity (Wildman–Crippen MR) is 121 cm³/mol. The molecule has 3 rings (SSSR count). The van der Waals surface area contributed by atoms with Gasteiger partial charge in [-0.3, -0.25) is 14.9 Å². The molecule has 0 saturated heterocycles. The number of non-ortho nitro benzene ring substituents is 1. The molecule has 1 N–H and O–H groups in total. The molecule has 0 radical (unpaired) electrons. The third-order valence-electron chi connectivity index (χ3n) is 4.39. The molecule has 10 heteroatoms. The van der Waals surface area contributed by atoms with Gasteiger partial charge in [0.05, 0.1) is 11.0 Å². The van der Waals surface area contributed by atoms with E-state index >= 15 is 0 Å². The first-order chi connectivity index (χ1) is 15.6. The molecule has 0 fully saturated rings. The second-order valence-electron chi connectivity index (χ2n) is 7.31. The largest absolute Gasteiger partial charge is 0.491 e. The first kappa shape index (κ1) is 23.7. The van der Waals surface area contributed by atoms with E-state index in [2.05, 4.69) is 5.32 Å². The zero-order valence-corrected chi connectivity index (χ0v) is 18.7. The summed E-state index contributed by atoms with van der Waals surface area (Å²) in [5.74, 6) is 0.375. The van der Waals surface area contributed by atoms with Crippen molar-refractivity contribution in [1.29, 1.82) is 0 Å². The molecule has 9 nitrogen and oxygen atoms in total. The van der Waals surface area contributed by atoms with Gasteiger partial charge in [0.15, 0.2) is 0 Å². The lowest BCUT2D eigenvalue weighted by molar-refractivity contribution is -0.385. The number of hydrogen-bond donors (Lipinski definition) is 1. The van der Waals surface area contributed by atoms with Gasteiger partial charge < -0.3 is 14.2 Å². The second-order valence-corrected chi connectivity index (χ2v) is 8.86. The van der Waals surface area contributed by atoms with E-state index in [9.17, 15) is 23.3 Å². The zero-order chi connectivity index (χ0) is 24.0. The van der Waals surface area contributed by atoms with Gasteiger partial charge in [0.1, 0.15) is 16.4 Å². The summed E-state index contributed by atoms with van der Waals surface area (Å²) in [7, 11) is -4.28. The number of nitrogens with zero attached hydrogens (tertiary/aromatic N) is 1. The summed E-state index contributed by atoms with van der Waals surface area (Å²) < 4.78 is 35.4. The van der Waals surface area contributed by atoms with Gasteiger partial charge in [-0.15, -0.1) is 0 Å². The maximum absolute atomic E-state index is 12.4. The number of carbonyl (C=O) groups is 1. The summed E-state index contributed by atoms with van der Waals surface area (Å²) >= 11 is 0. The number of nitro groups is 1. The molecule has 172 valence electrons. The lowest BCUT2D eigenvalue weighted by Crippen LogP contribution is -2.22. The Bertz CT molecular complexity index is 1240. The molecule has 0 heterocycles. The fourth-order valence-corrected chi connectivity index (χ4v) is 3.80. The number of benzene rings is 3. The van der Waals surface area contributed by atoms with Crippen LogP contribution in [0.5, 0.6) is 11.5 Å². The summed E-state index contributed by atoms with van der Waals surface area (Å²) in [6.07, 6.45) is 0.0729. The smallest absolute Gasteiger partial charge is 0.339 e. The van der Waals surface area contributed by atoms with Crippen LogP contribution in [0.25, 0.3) is 0 Å². The number of amides is 1. The van der Waals surface area contributed by atoms with Crippen LogP contribution in [0.15, 0.2) is 77.7 Å². The molecule has 0 aliphatic rings. The number of carbonyl (C=O) groups excluding carboxylic acids is 1. The molecule has 0 saturated carbocycles. The van der Waals surface area contributed by atoms with Gasteiger partial charge in [0.25, 0.3) is 11.6 Å². The minimum Gasteiger partial charge on any atom is -0.491 e. The van der Waals surface area contributed by atoms with E-state index in [0.717, 1.165) is 17.4 Å². The Kier molecular flexibility index (Phi) is 7.29. The van der Waals surface area contributed by atoms with E-state index in [0.29, 0.717) is 12.1 Å². The Morgan fingerprint density at radius 3 is 2.24 bits per heavy atom. The van der Waals surface area contributed by atoms with E-state index in [1.54, 1.807) is 0 Å². The summed E-state index contributed by atoms with van der Waals surface area (Å²) in [6, 6.07) is 17.4. The number of nitro benzene ring substituents is 1. The molecule has 1 amide bonds. The van der Waals surface area contributed by atoms with Crippen LogP contribution >= 0.6 is 0 Å². The number of rotatable bonds is 9. The number of ether oxygens (including phenoxy) is 1. The highest BCUT2D eigenvalue weighted by Gasteiger charge is 2.20. The van der Waals surface area contributed by atoms with E-state index < -0.39 is 15.0 Å². The van der Waals surface area contributed by atoms with Crippen molar-refractivity contribution in [3.63, 3.8) is 0 Å². The van der Waals surface area contributed by atoms with Crippen molar-refractivity contribution in [2.45, 2.75) is 31.4 Å². The Hall–Kier alpha value is -3.92. The number of nitrogens with one attached hydrogen (secondary N) is 1. The van der Waals surface area contributed by atoms with E-state index in [-0.39, 0.29) is 28.3 Å². The lowest BCUT2D eigenvalue weighted by Gasteiger charge is -2.11. The van der Waals surface area contributed by atoms with Gasteiger partial charge in [-0.2, -0.15) is 8.42 Å². The Morgan fingerprint density at radius 1 is 1.00 bits per heavy atom. The molecule has 33 heavy (non-hydrogen) atoms. The van der Waals surface area contributed by atoms with Gasteiger partial charge in [-0.25, -0.2) is 0 Å². The first-order valence-corrected chi connectivity index (χ1v) is 11.4. The van der Waals surface area contributed by atoms with Crippen molar-refractivity contribution in [1.82, 2.24) is 5.32 Å². The van der Waals surface area contributed by atoms with Crippen molar-refractivity contribution in [2.75, 3.05) is 0 Å². The standard InChI is InChI=1S/C23H22N2O7S/c1-16(2)31-20-10-6-17(7-11-20)15-24-23(26)18-8-12-21(13-9-18)32-33(29,30)22-5-3-4-19(14-22)25(27)28/h3-14,16H,15H2,1-2H3,(H,24,26). The van der Waals surface area contributed by atoms with Crippen molar-refractivity contribution >= 4 is 21.7 Å². The van der Waals surface area contributed by atoms with Gasteiger partial charge in [-0.05, 0) is 61.9 Å². The molecule has 0 aromatic heterocycles. The molecule has 0 spiro atoms. The van der Waals surface area contributed by atoms with Gasteiger partial charge in [0.2, 0.25) is 0 Å². The van der Waals surface area contributed by atoms with Crippen LogP contribution in [-0.4, -0.2) is 25.4 Å². The molecule has 0 aliphatic heterocycles. The maximum Gasteiger partial charge on any atom is 0.339 e. The summed E-state index contributed by atoms with van der Waals surface area (Å²) in [4.78, 5) is 22.2. The average Bonchev–Trinajstić information content (AvgIpc) is 2.78. The van der Waals surface area contributed by atoms with Crippen LogP contribution in [0, 0.1) is 10.1 Å². The fraction of sp³-hybridized carbons (Fsp3) is 0.174. The van der Waals surface area contributed by atoms with Crippen LogP contribution in [0.3, 0.4) is 0 Å². The Labute approximate surface area is 191 Å². The average molecular weight is 471 g/mol. The van der Waals surface area contributed by atoms with Crippen LogP contribution in [0.1, 0.15) is 29.8 Å². The minimum absolute atomic E-state index is 0.0289. The Balaban J connectivity index is 1.60. The summed E-state index contributed by atoms with van der Waals surface area (Å²) in [5.41, 5.74) is 0.839. The Morgan fingerprint density at radius 2 is 1.64 bits per heavy atom. The molecular weight excluding hydrogens is 448 g/mol. The van der Waals surface area contributed by atoms with E-state index in [1.165, 1.54) is 42.5 Å². The molecule has 3 aromatic carbocycles. The molecular formula is C23H22N2O7S. The van der Waals surface area contributed by atoms with Crippen LogP contribution < -0.4 is 14.2 Å². The van der Waals surface area contributed by atoms with Crippen LogP contribution in [-0.2, 0) is 16.7 Å². The molecule has 0 unspecified atom stereocenters. The third kappa shape index (κ3) is 6.53. The van der Waals surface area contributed by atoms with Crippen molar-refractivity contribution in [2.24, 2.45) is 0 Å². The predicted octanol–water partition coefficient (Wildman–Crippen LogP) is 4.08.